The Labute approximate surface area is 101 Å². The van der Waals surface area contributed by atoms with Crippen LogP contribution in [0.25, 0.3) is 0 Å². The van der Waals surface area contributed by atoms with Gasteiger partial charge in [0.05, 0.1) is 10.5 Å². The molecule has 14 heavy (non-hydrogen) atoms. The van der Waals surface area contributed by atoms with Gasteiger partial charge >= 0.3 is 35.5 Å². The molecule has 0 saturated carbocycles. The number of hydrogen-bond donors (Lipinski definition) is 2. The maximum Gasteiger partial charge on any atom is 1.00 e. The van der Waals surface area contributed by atoms with E-state index in [1.54, 1.807) is 0 Å². The van der Waals surface area contributed by atoms with Gasteiger partial charge in [-0.2, -0.15) is 0 Å². The molecule has 0 amide bonds. The van der Waals surface area contributed by atoms with E-state index in [1.807, 2.05) is 0 Å². The number of nitro groups is 1. The normalized spacial score (nSPS) is 8.86. The van der Waals surface area contributed by atoms with Crippen molar-refractivity contribution in [2.24, 2.45) is 0 Å². The largest absolute Gasteiger partial charge is 1.00 e. The molecule has 7 heteroatoms. The standard InChI is InChI=1S/C7H6N2O4.Na/c8-6-4(7(10)11)2-1-3-5(6)9(12)13;/h1-3H,8H2,(H,10,11);/q;+1. The molecular formula is C7H6N2NaO4+. The van der Waals surface area contributed by atoms with E-state index in [0.717, 1.165) is 6.07 Å². The SMILES string of the molecule is Nc1c(C(=O)O)cccc1[N+](=O)[O-].[Na+]. The van der Waals surface area contributed by atoms with E-state index >= 15 is 0 Å². The summed E-state index contributed by atoms with van der Waals surface area (Å²) in [6, 6.07) is 3.64. The van der Waals surface area contributed by atoms with E-state index in [4.69, 9.17) is 10.8 Å². The number of rotatable bonds is 2. The smallest absolute Gasteiger partial charge is 0.478 e. The molecule has 0 fully saturated rings. The van der Waals surface area contributed by atoms with E-state index in [2.05, 4.69) is 0 Å². The molecule has 0 aliphatic rings. The number of nitrogens with zero attached hydrogens (tertiary/aromatic N) is 1. The summed E-state index contributed by atoms with van der Waals surface area (Å²) >= 11 is 0. The molecule has 0 unspecified atom stereocenters. The summed E-state index contributed by atoms with van der Waals surface area (Å²) in [5.74, 6) is -1.28. The summed E-state index contributed by atoms with van der Waals surface area (Å²) in [4.78, 5) is 20.1. The fraction of sp³-hybridized carbons (Fsp3) is 0. The third kappa shape index (κ3) is 2.44. The van der Waals surface area contributed by atoms with Crippen molar-refractivity contribution in [1.29, 1.82) is 0 Å². The Bertz CT molecular complexity index is 348. The molecule has 1 aromatic rings. The van der Waals surface area contributed by atoms with Crippen molar-refractivity contribution in [2.45, 2.75) is 0 Å². The summed E-state index contributed by atoms with van der Waals surface area (Å²) in [6.07, 6.45) is 0. The van der Waals surface area contributed by atoms with Crippen LogP contribution in [0, 0.1) is 10.1 Å². The third-order valence-corrected chi connectivity index (χ3v) is 1.51. The van der Waals surface area contributed by atoms with E-state index in [1.165, 1.54) is 12.1 Å². The van der Waals surface area contributed by atoms with Crippen LogP contribution in [0.4, 0.5) is 11.4 Å². The van der Waals surface area contributed by atoms with Crippen molar-refractivity contribution in [1.82, 2.24) is 0 Å². The molecule has 0 saturated heterocycles. The topological polar surface area (TPSA) is 106 Å². The first-order valence-electron chi connectivity index (χ1n) is 3.30. The number of nitrogens with two attached hydrogens (primary N) is 1. The van der Waals surface area contributed by atoms with Crippen LogP contribution in [0.15, 0.2) is 18.2 Å². The van der Waals surface area contributed by atoms with Gasteiger partial charge in [-0.25, -0.2) is 4.79 Å². The predicted molar refractivity (Wildman–Crippen MR) is 44.5 cm³/mol. The summed E-state index contributed by atoms with van der Waals surface area (Å²) in [7, 11) is 0. The van der Waals surface area contributed by atoms with Crippen molar-refractivity contribution >= 4 is 17.3 Å². The molecule has 0 aromatic heterocycles. The van der Waals surface area contributed by atoms with Crippen LogP contribution in [-0.2, 0) is 0 Å². The van der Waals surface area contributed by atoms with Crippen LogP contribution in [0.2, 0.25) is 0 Å². The van der Waals surface area contributed by atoms with Gasteiger partial charge in [-0.15, -0.1) is 0 Å². The number of nitro benzene ring substituents is 1. The quantitative estimate of drug-likeness (QED) is 0.248. The molecule has 0 bridgehead atoms. The van der Waals surface area contributed by atoms with Crippen molar-refractivity contribution in [2.75, 3.05) is 5.73 Å². The first-order chi connectivity index (χ1) is 6.04. The van der Waals surface area contributed by atoms with Gasteiger partial charge in [0.1, 0.15) is 5.69 Å². The third-order valence-electron chi connectivity index (χ3n) is 1.51. The molecule has 3 N–H and O–H groups in total. The second-order valence-electron chi connectivity index (χ2n) is 2.30. The predicted octanol–water partition coefficient (Wildman–Crippen LogP) is -2.12. The number of nitrogen functional groups attached to an aromatic ring is 1. The molecule has 68 valence electrons. The fourth-order valence-corrected chi connectivity index (χ4v) is 0.899. The van der Waals surface area contributed by atoms with Crippen molar-refractivity contribution in [3.63, 3.8) is 0 Å². The fourth-order valence-electron chi connectivity index (χ4n) is 0.899. The zero-order valence-electron chi connectivity index (χ0n) is 7.43. The number of aromatic carboxylic acids is 1. The number of carboxylic acid groups (broad SMARTS) is 1. The Balaban J connectivity index is 0.00000169. The van der Waals surface area contributed by atoms with E-state index in [-0.39, 0.29) is 46.5 Å². The van der Waals surface area contributed by atoms with Crippen molar-refractivity contribution < 1.29 is 44.4 Å². The van der Waals surface area contributed by atoms with Crippen LogP contribution in [-0.4, -0.2) is 16.0 Å². The monoisotopic (exact) mass is 205 g/mol. The maximum atomic E-state index is 10.5. The van der Waals surface area contributed by atoms with Gasteiger partial charge in [-0.05, 0) is 6.07 Å². The van der Waals surface area contributed by atoms with Gasteiger partial charge in [0, 0.05) is 6.07 Å². The molecule has 1 rings (SSSR count). The van der Waals surface area contributed by atoms with Crippen LogP contribution in [0.5, 0.6) is 0 Å². The van der Waals surface area contributed by atoms with Crippen molar-refractivity contribution in [3.05, 3.63) is 33.9 Å². The van der Waals surface area contributed by atoms with Crippen LogP contribution in [0.3, 0.4) is 0 Å². The number of benzene rings is 1. The molecule has 0 aliphatic carbocycles. The van der Waals surface area contributed by atoms with Gasteiger partial charge in [0.25, 0.3) is 5.69 Å². The molecule has 0 spiro atoms. The maximum absolute atomic E-state index is 10.5. The minimum atomic E-state index is -1.28. The Hall–Kier alpha value is -1.11. The second-order valence-corrected chi connectivity index (χ2v) is 2.30. The van der Waals surface area contributed by atoms with Crippen LogP contribution in [0.1, 0.15) is 10.4 Å². The van der Waals surface area contributed by atoms with Gasteiger partial charge in [0.2, 0.25) is 0 Å². The zero-order chi connectivity index (χ0) is 10.0. The first kappa shape index (κ1) is 12.9. The molecule has 0 heterocycles. The number of para-hydroxylation sites is 1. The van der Waals surface area contributed by atoms with Crippen molar-refractivity contribution in [3.8, 4) is 0 Å². The zero-order valence-corrected chi connectivity index (χ0v) is 9.43. The number of carboxylic acids is 1. The average molecular weight is 205 g/mol. The molecule has 1 aromatic carbocycles. The van der Waals surface area contributed by atoms with E-state index in [9.17, 15) is 14.9 Å². The summed E-state index contributed by atoms with van der Waals surface area (Å²) < 4.78 is 0. The summed E-state index contributed by atoms with van der Waals surface area (Å²) in [5, 5.41) is 18.9. The van der Waals surface area contributed by atoms with Gasteiger partial charge in [-0.3, -0.25) is 10.1 Å². The van der Waals surface area contributed by atoms with Crippen LogP contribution >= 0.6 is 0 Å². The molecular weight excluding hydrogens is 199 g/mol. The number of hydrogen-bond acceptors (Lipinski definition) is 4. The molecule has 6 nitrogen and oxygen atoms in total. The number of carbonyl (C=O) groups is 1. The average Bonchev–Trinajstić information content (AvgIpc) is 2.03. The molecule has 0 aliphatic heterocycles. The Morgan fingerprint density at radius 2 is 2.07 bits per heavy atom. The molecule has 0 atom stereocenters. The first-order valence-corrected chi connectivity index (χ1v) is 3.30. The number of anilines is 1. The van der Waals surface area contributed by atoms with Crippen LogP contribution < -0.4 is 35.3 Å². The summed E-state index contributed by atoms with van der Waals surface area (Å²) in [6.45, 7) is 0. The Morgan fingerprint density at radius 3 is 2.50 bits per heavy atom. The summed E-state index contributed by atoms with van der Waals surface area (Å²) in [5.41, 5.74) is 4.30. The van der Waals surface area contributed by atoms with Gasteiger partial charge < -0.3 is 10.8 Å². The van der Waals surface area contributed by atoms with Gasteiger partial charge in [0.15, 0.2) is 0 Å². The van der Waals surface area contributed by atoms with E-state index in [0.29, 0.717) is 0 Å². The minimum absolute atomic E-state index is 0. The Kier molecular flexibility index (Phi) is 4.55. The molecule has 0 radical (unpaired) electrons. The van der Waals surface area contributed by atoms with E-state index < -0.39 is 10.9 Å². The Morgan fingerprint density at radius 1 is 1.50 bits per heavy atom. The second kappa shape index (κ2) is 4.94. The minimum Gasteiger partial charge on any atom is -0.478 e. The van der Waals surface area contributed by atoms with Gasteiger partial charge in [-0.1, -0.05) is 6.07 Å².